The van der Waals surface area contributed by atoms with E-state index in [1.807, 2.05) is 38.1 Å². The van der Waals surface area contributed by atoms with E-state index in [4.69, 9.17) is 4.74 Å². The molecular formula is C15H19N3O2. The maximum absolute atomic E-state index is 11.8. The molecule has 0 aliphatic carbocycles. The van der Waals surface area contributed by atoms with Gasteiger partial charge in [0.15, 0.2) is 0 Å². The molecule has 0 saturated heterocycles. The van der Waals surface area contributed by atoms with Gasteiger partial charge in [-0.25, -0.2) is 4.98 Å². The van der Waals surface area contributed by atoms with E-state index < -0.39 is 0 Å². The second-order valence-electron chi connectivity index (χ2n) is 4.29. The zero-order valence-corrected chi connectivity index (χ0v) is 11.8. The molecule has 0 unspecified atom stereocenters. The highest BCUT2D eigenvalue weighted by atomic mass is 16.5. The van der Waals surface area contributed by atoms with Gasteiger partial charge in [0.25, 0.3) is 5.56 Å². The van der Waals surface area contributed by atoms with Crippen LogP contribution in [0.5, 0.6) is 5.75 Å². The monoisotopic (exact) mass is 273 g/mol. The largest absolute Gasteiger partial charge is 0.493 e. The summed E-state index contributed by atoms with van der Waals surface area (Å²) in [5, 5.41) is 3.16. The molecule has 0 saturated carbocycles. The molecule has 0 aliphatic rings. The van der Waals surface area contributed by atoms with Crippen LogP contribution in [0.3, 0.4) is 0 Å². The molecule has 5 nitrogen and oxygen atoms in total. The third-order valence-corrected chi connectivity index (χ3v) is 2.79. The fourth-order valence-electron chi connectivity index (χ4n) is 1.92. The molecule has 0 bridgehead atoms. The minimum atomic E-state index is -0.158. The lowest BCUT2D eigenvalue weighted by Crippen LogP contribution is -2.17. The van der Waals surface area contributed by atoms with Gasteiger partial charge in [-0.1, -0.05) is 19.1 Å². The summed E-state index contributed by atoms with van der Waals surface area (Å²) in [5.74, 6) is 1.26. The lowest BCUT2D eigenvalue weighted by atomic mass is 10.2. The van der Waals surface area contributed by atoms with E-state index >= 15 is 0 Å². The average molecular weight is 273 g/mol. The minimum Gasteiger partial charge on any atom is -0.493 e. The topological polar surface area (TPSA) is 67.0 Å². The molecule has 0 fully saturated rings. The van der Waals surface area contributed by atoms with Gasteiger partial charge in [0.05, 0.1) is 17.9 Å². The van der Waals surface area contributed by atoms with Crippen LogP contribution in [0.2, 0.25) is 0 Å². The molecule has 106 valence electrons. The first-order valence-electron chi connectivity index (χ1n) is 6.77. The first-order chi connectivity index (χ1) is 9.74. The lowest BCUT2D eigenvalue weighted by Gasteiger charge is -2.10. The Hall–Kier alpha value is -2.14. The molecule has 0 radical (unpaired) electrons. The molecule has 5 heteroatoms. The van der Waals surface area contributed by atoms with Crippen LogP contribution in [-0.2, 0) is 6.54 Å². The summed E-state index contributed by atoms with van der Waals surface area (Å²) in [7, 11) is 0. The van der Waals surface area contributed by atoms with Crippen molar-refractivity contribution in [2.24, 2.45) is 0 Å². The lowest BCUT2D eigenvalue weighted by molar-refractivity contribution is 0.341. The van der Waals surface area contributed by atoms with Crippen molar-refractivity contribution in [1.82, 2.24) is 15.3 Å². The van der Waals surface area contributed by atoms with Crippen LogP contribution in [0.25, 0.3) is 11.4 Å². The molecule has 2 rings (SSSR count). The zero-order chi connectivity index (χ0) is 14.4. The fourth-order valence-corrected chi connectivity index (χ4v) is 1.92. The van der Waals surface area contributed by atoms with Gasteiger partial charge in [-0.3, -0.25) is 4.79 Å². The maximum Gasteiger partial charge on any atom is 0.251 e. The van der Waals surface area contributed by atoms with Crippen LogP contribution in [-0.4, -0.2) is 23.1 Å². The van der Waals surface area contributed by atoms with Gasteiger partial charge >= 0.3 is 0 Å². The molecule has 0 aliphatic heterocycles. The van der Waals surface area contributed by atoms with Crippen molar-refractivity contribution in [1.29, 1.82) is 0 Å². The molecule has 0 spiro atoms. The second-order valence-corrected chi connectivity index (χ2v) is 4.29. The minimum absolute atomic E-state index is 0.158. The highest BCUT2D eigenvalue weighted by Crippen LogP contribution is 2.26. The predicted molar refractivity (Wildman–Crippen MR) is 78.8 cm³/mol. The van der Waals surface area contributed by atoms with Gasteiger partial charge in [0.1, 0.15) is 11.6 Å². The summed E-state index contributed by atoms with van der Waals surface area (Å²) in [6, 6.07) is 9.06. The van der Waals surface area contributed by atoms with Gasteiger partial charge in [0, 0.05) is 12.6 Å². The summed E-state index contributed by atoms with van der Waals surface area (Å²) < 4.78 is 5.57. The van der Waals surface area contributed by atoms with E-state index in [0.717, 1.165) is 23.6 Å². The number of hydrogen-bond donors (Lipinski definition) is 2. The Morgan fingerprint density at radius 2 is 2.10 bits per heavy atom. The number of H-pyrrole nitrogens is 1. The first-order valence-corrected chi connectivity index (χ1v) is 6.77. The summed E-state index contributed by atoms with van der Waals surface area (Å²) in [4.78, 5) is 19.0. The molecule has 0 atom stereocenters. The van der Waals surface area contributed by atoms with E-state index in [2.05, 4.69) is 15.3 Å². The average Bonchev–Trinajstić information content (AvgIpc) is 2.45. The summed E-state index contributed by atoms with van der Waals surface area (Å²) in [6.07, 6.45) is 0. The highest BCUT2D eigenvalue weighted by Gasteiger charge is 2.09. The van der Waals surface area contributed by atoms with Crippen molar-refractivity contribution in [3.63, 3.8) is 0 Å². The summed E-state index contributed by atoms with van der Waals surface area (Å²) in [6.45, 7) is 5.91. The Morgan fingerprint density at radius 3 is 2.85 bits per heavy atom. The van der Waals surface area contributed by atoms with Gasteiger partial charge in [-0.15, -0.1) is 0 Å². The van der Waals surface area contributed by atoms with E-state index in [1.165, 1.54) is 6.07 Å². The normalized spacial score (nSPS) is 10.5. The Labute approximate surface area is 118 Å². The van der Waals surface area contributed by atoms with Gasteiger partial charge < -0.3 is 15.0 Å². The maximum atomic E-state index is 11.8. The standard InChI is InChI=1S/C15H19N3O2/c1-3-16-10-11-9-14(19)18-15(17-11)12-7-5-6-8-13(12)20-4-2/h5-9,16H,3-4,10H2,1-2H3,(H,17,18,19). The number of nitrogens with one attached hydrogen (secondary N) is 2. The summed E-state index contributed by atoms with van der Waals surface area (Å²) in [5.41, 5.74) is 1.36. The molecule has 2 N–H and O–H groups in total. The van der Waals surface area contributed by atoms with Crippen LogP contribution in [0, 0.1) is 0 Å². The highest BCUT2D eigenvalue weighted by molar-refractivity contribution is 5.63. The van der Waals surface area contributed by atoms with Crippen molar-refractivity contribution in [3.05, 3.63) is 46.4 Å². The Morgan fingerprint density at radius 1 is 1.30 bits per heavy atom. The molecule has 2 aromatic rings. The number of hydrogen-bond acceptors (Lipinski definition) is 4. The second kappa shape index (κ2) is 6.86. The van der Waals surface area contributed by atoms with Crippen LogP contribution in [0.1, 0.15) is 19.5 Å². The number of rotatable bonds is 6. The van der Waals surface area contributed by atoms with Crippen LogP contribution < -0.4 is 15.6 Å². The smallest absolute Gasteiger partial charge is 0.251 e. The van der Waals surface area contributed by atoms with Gasteiger partial charge in [-0.05, 0) is 25.6 Å². The Kier molecular flexibility index (Phi) is 4.90. The zero-order valence-electron chi connectivity index (χ0n) is 11.8. The number of ether oxygens (including phenoxy) is 1. The number of para-hydroxylation sites is 1. The Bertz CT molecular complexity index is 623. The summed E-state index contributed by atoms with van der Waals surface area (Å²) >= 11 is 0. The van der Waals surface area contributed by atoms with Crippen LogP contribution >= 0.6 is 0 Å². The third kappa shape index (κ3) is 3.45. The van der Waals surface area contributed by atoms with Crippen LogP contribution in [0.15, 0.2) is 35.1 Å². The molecule has 0 amide bonds. The Balaban J connectivity index is 2.41. The van der Waals surface area contributed by atoms with Gasteiger partial charge in [-0.2, -0.15) is 0 Å². The molecule has 1 aromatic carbocycles. The number of aromatic nitrogens is 2. The van der Waals surface area contributed by atoms with Gasteiger partial charge in [0.2, 0.25) is 0 Å². The van der Waals surface area contributed by atoms with Crippen molar-refractivity contribution in [2.45, 2.75) is 20.4 Å². The number of aromatic amines is 1. The predicted octanol–water partition coefficient (Wildman–Crippen LogP) is 1.95. The molecule has 1 heterocycles. The third-order valence-electron chi connectivity index (χ3n) is 2.79. The van der Waals surface area contributed by atoms with E-state index in [-0.39, 0.29) is 5.56 Å². The van der Waals surface area contributed by atoms with E-state index in [1.54, 1.807) is 0 Å². The molecule has 1 aromatic heterocycles. The van der Waals surface area contributed by atoms with Crippen molar-refractivity contribution in [2.75, 3.05) is 13.2 Å². The quantitative estimate of drug-likeness (QED) is 0.844. The number of nitrogens with zero attached hydrogens (tertiary/aromatic N) is 1. The molecule has 20 heavy (non-hydrogen) atoms. The SMILES string of the molecule is CCNCc1cc(=O)[nH]c(-c2ccccc2OCC)n1. The fraction of sp³-hybridized carbons (Fsp3) is 0.333. The number of benzene rings is 1. The van der Waals surface area contributed by atoms with E-state index in [0.29, 0.717) is 19.0 Å². The van der Waals surface area contributed by atoms with Crippen molar-refractivity contribution >= 4 is 0 Å². The molecular weight excluding hydrogens is 254 g/mol. The van der Waals surface area contributed by atoms with E-state index in [9.17, 15) is 4.79 Å². The van der Waals surface area contributed by atoms with Crippen molar-refractivity contribution in [3.8, 4) is 17.1 Å². The van der Waals surface area contributed by atoms with Crippen molar-refractivity contribution < 1.29 is 4.74 Å². The first kappa shape index (κ1) is 14.3. The van der Waals surface area contributed by atoms with Crippen LogP contribution in [0.4, 0.5) is 0 Å².